The zero-order chi connectivity index (χ0) is 20.7. The molecule has 28 heavy (non-hydrogen) atoms. The average molecular weight is 405 g/mol. The van der Waals surface area contributed by atoms with Gasteiger partial charge in [0.15, 0.2) is 0 Å². The lowest BCUT2D eigenvalue weighted by Crippen LogP contribution is -2.26. The normalized spacial score (nSPS) is 11.3. The lowest BCUT2D eigenvalue weighted by Gasteiger charge is -2.16. The number of carbonyl (C=O) groups is 1. The van der Waals surface area contributed by atoms with Gasteiger partial charge in [0.1, 0.15) is 5.75 Å². The van der Waals surface area contributed by atoms with E-state index in [0.717, 1.165) is 24.8 Å². The second-order valence-corrected chi connectivity index (χ2v) is 8.96. The first-order chi connectivity index (χ1) is 13.2. The van der Waals surface area contributed by atoms with Gasteiger partial charge in [0.25, 0.3) is 5.91 Å². The van der Waals surface area contributed by atoms with Crippen molar-refractivity contribution in [1.29, 1.82) is 0 Å². The highest BCUT2D eigenvalue weighted by atomic mass is 32.2. The molecule has 0 saturated carbocycles. The van der Waals surface area contributed by atoms with Crippen molar-refractivity contribution in [3.8, 4) is 5.75 Å². The predicted molar refractivity (Wildman–Crippen MR) is 113 cm³/mol. The summed E-state index contributed by atoms with van der Waals surface area (Å²) in [4.78, 5) is 12.2. The van der Waals surface area contributed by atoms with E-state index in [1.165, 1.54) is 16.9 Å². The van der Waals surface area contributed by atoms with Gasteiger partial charge in [0.2, 0.25) is 10.0 Å². The average Bonchev–Trinajstić information content (AvgIpc) is 2.64. The highest BCUT2D eigenvalue weighted by molar-refractivity contribution is 7.92. The fourth-order valence-corrected chi connectivity index (χ4v) is 3.12. The molecule has 7 heteroatoms. The highest BCUT2D eigenvalue weighted by Crippen LogP contribution is 2.17. The molecule has 0 aliphatic rings. The minimum absolute atomic E-state index is 0.155. The number of nitrogens with one attached hydrogen (secondary N) is 1. The molecule has 0 bridgehead atoms. The Morgan fingerprint density at radius 3 is 2.21 bits per heavy atom. The lowest BCUT2D eigenvalue weighted by molar-refractivity contribution is 0.0953. The van der Waals surface area contributed by atoms with Crippen molar-refractivity contribution in [2.45, 2.75) is 32.8 Å². The highest BCUT2D eigenvalue weighted by Gasteiger charge is 2.12. The van der Waals surface area contributed by atoms with E-state index in [2.05, 4.69) is 5.32 Å². The van der Waals surface area contributed by atoms with Crippen molar-refractivity contribution >= 4 is 21.6 Å². The van der Waals surface area contributed by atoms with Crippen LogP contribution in [0.4, 0.5) is 5.69 Å². The molecule has 2 aromatic carbocycles. The Kier molecular flexibility index (Phi) is 7.45. The number of nitrogens with zero attached hydrogens (tertiary/aromatic N) is 1. The number of amides is 1. The Morgan fingerprint density at radius 2 is 1.68 bits per heavy atom. The van der Waals surface area contributed by atoms with Gasteiger partial charge in [-0.05, 0) is 68.7 Å². The maximum atomic E-state index is 12.2. The van der Waals surface area contributed by atoms with Crippen LogP contribution in [0.2, 0.25) is 0 Å². The predicted octanol–water partition coefficient (Wildman–Crippen LogP) is 3.23. The number of sulfonamides is 1. The number of anilines is 1. The Bertz CT molecular complexity index is 876. The van der Waals surface area contributed by atoms with Crippen molar-refractivity contribution in [3.05, 3.63) is 59.7 Å². The van der Waals surface area contributed by atoms with Crippen LogP contribution in [0.25, 0.3) is 0 Å². The SMILES string of the molecule is CC(C)Oc1ccc(CCCNC(=O)c2ccc(N(C)S(C)(=O)=O)cc2)cc1. The summed E-state index contributed by atoms with van der Waals surface area (Å²) in [6.07, 6.45) is 2.98. The molecule has 0 aromatic heterocycles. The zero-order valence-electron chi connectivity index (χ0n) is 16.8. The van der Waals surface area contributed by atoms with Crippen LogP contribution in [-0.2, 0) is 16.4 Å². The van der Waals surface area contributed by atoms with Gasteiger partial charge >= 0.3 is 0 Å². The van der Waals surface area contributed by atoms with Gasteiger partial charge in [-0.2, -0.15) is 0 Å². The molecule has 2 aromatic rings. The Morgan fingerprint density at radius 1 is 1.07 bits per heavy atom. The van der Waals surface area contributed by atoms with E-state index in [0.29, 0.717) is 17.8 Å². The van der Waals surface area contributed by atoms with Crippen LogP contribution in [-0.4, -0.2) is 40.3 Å². The van der Waals surface area contributed by atoms with Crippen molar-refractivity contribution < 1.29 is 17.9 Å². The van der Waals surface area contributed by atoms with E-state index in [9.17, 15) is 13.2 Å². The van der Waals surface area contributed by atoms with Gasteiger partial charge < -0.3 is 10.1 Å². The summed E-state index contributed by atoms with van der Waals surface area (Å²) >= 11 is 0. The van der Waals surface area contributed by atoms with Crippen LogP contribution in [0.1, 0.15) is 36.2 Å². The Balaban J connectivity index is 1.79. The van der Waals surface area contributed by atoms with Gasteiger partial charge in [-0.15, -0.1) is 0 Å². The molecular weight excluding hydrogens is 376 g/mol. The molecule has 0 heterocycles. The van der Waals surface area contributed by atoms with Crippen LogP contribution >= 0.6 is 0 Å². The van der Waals surface area contributed by atoms with Gasteiger partial charge in [-0.1, -0.05) is 12.1 Å². The molecule has 0 saturated heterocycles. The maximum Gasteiger partial charge on any atom is 0.251 e. The molecule has 1 amide bonds. The van der Waals surface area contributed by atoms with Gasteiger partial charge in [0, 0.05) is 19.2 Å². The molecule has 0 unspecified atom stereocenters. The van der Waals surface area contributed by atoms with Gasteiger partial charge in [0.05, 0.1) is 18.0 Å². The van der Waals surface area contributed by atoms with Crippen LogP contribution in [0.5, 0.6) is 5.75 Å². The fraction of sp³-hybridized carbons (Fsp3) is 0.381. The second kappa shape index (κ2) is 9.59. The molecule has 0 radical (unpaired) electrons. The quantitative estimate of drug-likeness (QED) is 0.651. The van der Waals surface area contributed by atoms with Gasteiger partial charge in [-0.3, -0.25) is 9.10 Å². The largest absolute Gasteiger partial charge is 0.491 e. The fourth-order valence-electron chi connectivity index (χ4n) is 2.62. The minimum atomic E-state index is -3.32. The van der Waals surface area contributed by atoms with E-state index in [1.54, 1.807) is 24.3 Å². The molecule has 152 valence electrons. The molecule has 6 nitrogen and oxygen atoms in total. The van der Waals surface area contributed by atoms with Crippen LogP contribution in [0.15, 0.2) is 48.5 Å². The molecule has 0 fully saturated rings. The third-order valence-corrected chi connectivity index (χ3v) is 5.42. The zero-order valence-corrected chi connectivity index (χ0v) is 17.6. The number of carbonyl (C=O) groups excluding carboxylic acids is 1. The summed E-state index contributed by atoms with van der Waals surface area (Å²) < 4.78 is 29.9. The minimum Gasteiger partial charge on any atom is -0.491 e. The Labute approximate surface area is 167 Å². The van der Waals surface area contributed by atoms with Gasteiger partial charge in [-0.25, -0.2) is 8.42 Å². The van der Waals surface area contributed by atoms with Crippen molar-refractivity contribution in [3.63, 3.8) is 0 Å². The summed E-state index contributed by atoms with van der Waals surface area (Å²) in [5.74, 6) is 0.686. The Hall–Kier alpha value is -2.54. The number of benzene rings is 2. The van der Waals surface area contributed by atoms with E-state index in [-0.39, 0.29) is 12.0 Å². The van der Waals surface area contributed by atoms with Crippen LogP contribution < -0.4 is 14.4 Å². The molecule has 0 spiro atoms. The summed E-state index contributed by atoms with van der Waals surface area (Å²) in [5, 5.41) is 2.89. The smallest absolute Gasteiger partial charge is 0.251 e. The topological polar surface area (TPSA) is 75.7 Å². The first-order valence-electron chi connectivity index (χ1n) is 9.24. The third kappa shape index (κ3) is 6.56. The number of rotatable bonds is 9. The summed E-state index contributed by atoms with van der Waals surface area (Å²) in [6, 6.07) is 14.5. The molecular formula is C21H28N2O4S. The molecule has 0 aliphatic heterocycles. The van der Waals surface area contributed by atoms with Crippen molar-refractivity contribution in [2.75, 3.05) is 24.2 Å². The summed E-state index contributed by atoms with van der Waals surface area (Å²) in [5.41, 5.74) is 2.21. The maximum absolute atomic E-state index is 12.2. The molecule has 1 N–H and O–H groups in total. The van der Waals surface area contributed by atoms with Crippen molar-refractivity contribution in [2.24, 2.45) is 0 Å². The standard InChI is InChI=1S/C21H28N2O4S/c1-16(2)27-20-13-7-17(8-14-20)6-5-15-22-21(24)18-9-11-19(12-10-18)23(3)28(4,25)26/h7-14,16H,5-6,15H2,1-4H3,(H,22,24). The lowest BCUT2D eigenvalue weighted by atomic mass is 10.1. The monoisotopic (exact) mass is 404 g/mol. The molecule has 0 aliphatic carbocycles. The van der Waals surface area contributed by atoms with E-state index < -0.39 is 10.0 Å². The second-order valence-electron chi connectivity index (χ2n) is 6.95. The molecule has 0 atom stereocenters. The first-order valence-corrected chi connectivity index (χ1v) is 11.1. The number of hydrogen-bond acceptors (Lipinski definition) is 4. The van der Waals surface area contributed by atoms with E-state index in [4.69, 9.17) is 4.74 Å². The molecule has 2 rings (SSSR count). The number of ether oxygens (including phenoxy) is 1. The van der Waals surface area contributed by atoms with E-state index in [1.807, 2.05) is 38.1 Å². The summed E-state index contributed by atoms with van der Waals surface area (Å²) in [6.45, 7) is 4.55. The van der Waals surface area contributed by atoms with E-state index >= 15 is 0 Å². The first kappa shape index (κ1) is 21.8. The van der Waals surface area contributed by atoms with Crippen LogP contribution in [0.3, 0.4) is 0 Å². The number of hydrogen-bond donors (Lipinski definition) is 1. The number of aryl methyl sites for hydroxylation is 1. The van der Waals surface area contributed by atoms with Crippen LogP contribution in [0, 0.1) is 0 Å². The third-order valence-electron chi connectivity index (χ3n) is 4.21. The van der Waals surface area contributed by atoms with Crippen molar-refractivity contribution in [1.82, 2.24) is 5.32 Å². The summed E-state index contributed by atoms with van der Waals surface area (Å²) in [7, 11) is -1.84.